The molecule has 1 N–H and O–H groups in total. The molecule has 1 aliphatic carbocycles. The molecule has 0 unspecified atom stereocenters. The van der Waals surface area contributed by atoms with Gasteiger partial charge in [-0.3, -0.25) is 14.8 Å². The van der Waals surface area contributed by atoms with Crippen LogP contribution in [0.1, 0.15) is 41.7 Å². The maximum atomic E-state index is 10.8. The van der Waals surface area contributed by atoms with Crippen LogP contribution in [0.4, 0.5) is 0 Å². The number of carbonyl (C=O) groups is 1. The summed E-state index contributed by atoms with van der Waals surface area (Å²) >= 11 is 0. The third-order valence-electron chi connectivity index (χ3n) is 4.71. The van der Waals surface area contributed by atoms with E-state index in [2.05, 4.69) is 14.8 Å². The first-order valence-corrected chi connectivity index (χ1v) is 7.87. The van der Waals surface area contributed by atoms with Gasteiger partial charge in [-0.1, -0.05) is 12.8 Å². The highest BCUT2D eigenvalue weighted by molar-refractivity contribution is 5.87. The van der Waals surface area contributed by atoms with Gasteiger partial charge in [-0.2, -0.15) is 0 Å². The molecule has 0 aromatic carbocycles. The lowest BCUT2D eigenvalue weighted by molar-refractivity contribution is 0.0696. The molecule has 1 aromatic rings. The maximum absolute atomic E-state index is 10.8. The molecule has 0 atom stereocenters. The zero-order chi connectivity index (χ0) is 14.7. The largest absolute Gasteiger partial charge is 0.478 e. The zero-order valence-electron chi connectivity index (χ0n) is 12.4. The molecule has 1 aliphatic heterocycles. The van der Waals surface area contributed by atoms with Gasteiger partial charge in [-0.25, -0.2) is 4.79 Å². The Kier molecular flexibility index (Phi) is 4.51. The van der Waals surface area contributed by atoms with E-state index in [4.69, 9.17) is 5.11 Å². The molecular formula is C16H23N3O2. The van der Waals surface area contributed by atoms with Crippen molar-refractivity contribution in [3.05, 3.63) is 29.6 Å². The number of piperazine rings is 1. The molecule has 1 saturated carbocycles. The van der Waals surface area contributed by atoms with Crippen molar-refractivity contribution in [1.29, 1.82) is 0 Å². The van der Waals surface area contributed by atoms with Crippen molar-refractivity contribution in [2.24, 2.45) is 0 Å². The molecule has 3 rings (SSSR count). The van der Waals surface area contributed by atoms with Crippen LogP contribution < -0.4 is 0 Å². The van der Waals surface area contributed by atoms with Crippen LogP contribution >= 0.6 is 0 Å². The van der Waals surface area contributed by atoms with Gasteiger partial charge >= 0.3 is 5.97 Å². The summed E-state index contributed by atoms with van der Waals surface area (Å²) in [5.74, 6) is -0.917. The third-order valence-corrected chi connectivity index (χ3v) is 4.71. The van der Waals surface area contributed by atoms with Crippen molar-refractivity contribution in [3.8, 4) is 0 Å². The van der Waals surface area contributed by atoms with Gasteiger partial charge in [0.15, 0.2) is 0 Å². The van der Waals surface area contributed by atoms with Gasteiger partial charge in [0.05, 0.1) is 11.3 Å². The number of aromatic carboxylic acids is 1. The van der Waals surface area contributed by atoms with Crippen molar-refractivity contribution in [1.82, 2.24) is 14.8 Å². The molecule has 21 heavy (non-hydrogen) atoms. The van der Waals surface area contributed by atoms with Gasteiger partial charge in [0, 0.05) is 45.0 Å². The number of carboxylic acid groups (broad SMARTS) is 1. The SMILES string of the molecule is O=C(O)c1ccc(CN2CCN(C3CCCC3)CC2)nc1. The fourth-order valence-electron chi connectivity index (χ4n) is 3.43. The summed E-state index contributed by atoms with van der Waals surface area (Å²) in [5.41, 5.74) is 1.21. The van der Waals surface area contributed by atoms with Gasteiger partial charge in [-0.15, -0.1) is 0 Å². The van der Waals surface area contributed by atoms with E-state index < -0.39 is 5.97 Å². The molecule has 2 fully saturated rings. The van der Waals surface area contributed by atoms with Gasteiger partial charge in [-0.05, 0) is 25.0 Å². The first-order valence-electron chi connectivity index (χ1n) is 7.87. The summed E-state index contributed by atoms with van der Waals surface area (Å²) in [6.07, 6.45) is 6.98. The van der Waals surface area contributed by atoms with Gasteiger partial charge in [0.25, 0.3) is 0 Å². The van der Waals surface area contributed by atoms with Crippen molar-refractivity contribution < 1.29 is 9.90 Å². The van der Waals surface area contributed by atoms with Crippen LogP contribution in [0, 0.1) is 0 Å². The van der Waals surface area contributed by atoms with E-state index in [1.165, 1.54) is 31.9 Å². The Hall–Kier alpha value is -1.46. The van der Waals surface area contributed by atoms with Gasteiger partial charge in [0.2, 0.25) is 0 Å². The van der Waals surface area contributed by atoms with E-state index in [1.54, 1.807) is 6.07 Å². The molecule has 0 bridgehead atoms. The minimum absolute atomic E-state index is 0.254. The molecule has 5 nitrogen and oxygen atoms in total. The second kappa shape index (κ2) is 6.54. The Morgan fingerprint density at radius 2 is 1.90 bits per heavy atom. The number of hydrogen-bond donors (Lipinski definition) is 1. The summed E-state index contributed by atoms with van der Waals surface area (Å²) in [7, 11) is 0. The highest BCUT2D eigenvalue weighted by Gasteiger charge is 2.26. The van der Waals surface area contributed by atoms with Crippen LogP contribution in [0.25, 0.3) is 0 Å². The van der Waals surface area contributed by atoms with Crippen LogP contribution in [0.3, 0.4) is 0 Å². The summed E-state index contributed by atoms with van der Waals surface area (Å²) in [4.78, 5) is 20.1. The highest BCUT2D eigenvalue weighted by Crippen LogP contribution is 2.24. The lowest BCUT2D eigenvalue weighted by Gasteiger charge is -2.37. The predicted molar refractivity (Wildman–Crippen MR) is 80.3 cm³/mol. The van der Waals surface area contributed by atoms with E-state index in [1.807, 2.05) is 6.07 Å². The van der Waals surface area contributed by atoms with Gasteiger partial charge < -0.3 is 5.11 Å². The Balaban J connectivity index is 1.49. The Morgan fingerprint density at radius 1 is 1.19 bits per heavy atom. The molecule has 114 valence electrons. The normalized spacial score (nSPS) is 21.7. The monoisotopic (exact) mass is 289 g/mol. The maximum Gasteiger partial charge on any atom is 0.337 e. The van der Waals surface area contributed by atoms with E-state index in [0.29, 0.717) is 0 Å². The number of rotatable bonds is 4. The Labute approximate surface area is 125 Å². The molecule has 0 radical (unpaired) electrons. The molecule has 0 spiro atoms. The van der Waals surface area contributed by atoms with Crippen molar-refractivity contribution in [3.63, 3.8) is 0 Å². The van der Waals surface area contributed by atoms with Crippen LogP contribution in [0.15, 0.2) is 18.3 Å². The summed E-state index contributed by atoms with van der Waals surface area (Å²) in [6, 6.07) is 4.28. The van der Waals surface area contributed by atoms with Gasteiger partial charge in [0.1, 0.15) is 0 Å². The minimum atomic E-state index is -0.917. The predicted octanol–water partition coefficient (Wildman–Crippen LogP) is 1.84. The van der Waals surface area contributed by atoms with E-state index >= 15 is 0 Å². The first-order chi connectivity index (χ1) is 10.2. The number of pyridine rings is 1. The average Bonchev–Trinajstić information content (AvgIpc) is 3.03. The number of aromatic nitrogens is 1. The molecule has 1 aromatic heterocycles. The smallest absolute Gasteiger partial charge is 0.337 e. The summed E-state index contributed by atoms with van der Waals surface area (Å²) < 4.78 is 0. The van der Waals surface area contributed by atoms with Crippen molar-refractivity contribution in [2.75, 3.05) is 26.2 Å². The number of carboxylic acids is 1. The highest BCUT2D eigenvalue weighted by atomic mass is 16.4. The van der Waals surface area contributed by atoms with E-state index in [0.717, 1.165) is 44.5 Å². The second-order valence-corrected chi connectivity index (χ2v) is 6.09. The number of nitrogens with zero attached hydrogens (tertiary/aromatic N) is 3. The number of hydrogen-bond acceptors (Lipinski definition) is 4. The lowest BCUT2D eigenvalue weighted by atomic mass is 10.1. The fourth-order valence-corrected chi connectivity index (χ4v) is 3.43. The second-order valence-electron chi connectivity index (χ2n) is 6.09. The summed E-state index contributed by atoms with van der Waals surface area (Å²) in [5, 5.41) is 8.87. The van der Waals surface area contributed by atoms with Crippen LogP contribution in [-0.4, -0.2) is 58.1 Å². The zero-order valence-corrected chi connectivity index (χ0v) is 12.4. The standard InChI is InChI=1S/C16H23N3O2/c20-16(21)13-5-6-14(17-11-13)12-18-7-9-19(10-8-18)15-3-1-2-4-15/h5-6,11,15H,1-4,7-10,12H2,(H,20,21). The lowest BCUT2D eigenvalue weighted by Crippen LogP contribution is -2.49. The van der Waals surface area contributed by atoms with Crippen LogP contribution in [0.5, 0.6) is 0 Å². The minimum Gasteiger partial charge on any atom is -0.478 e. The first kappa shape index (κ1) is 14.5. The molecule has 2 aliphatic rings. The van der Waals surface area contributed by atoms with E-state index in [9.17, 15) is 4.79 Å². The third kappa shape index (κ3) is 3.60. The van der Waals surface area contributed by atoms with Crippen molar-refractivity contribution in [2.45, 2.75) is 38.3 Å². The van der Waals surface area contributed by atoms with Crippen LogP contribution in [-0.2, 0) is 6.54 Å². The van der Waals surface area contributed by atoms with Crippen LogP contribution in [0.2, 0.25) is 0 Å². The van der Waals surface area contributed by atoms with E-state index in [-0.39, 0.29) is 5.56 Å². The molecular weight excluding hydrogens is 266 g/mol. The molecule has 5 heteroatoms. The fraction of sp³-hybridized carbons (Fsp3) is 0.625. The quantitative estimate of drug-likeness (QED) is 0.916. The Morgan fingerprint density at radius 3 is 2.48 bits per heavy atom. The summed E-state index contributed by atoms with van der Waals surface area (Å²) in [6.45, 7) is 5.28. The van der Waals surface area contributed by atoms with Crippen molar-refractivity contribution >= 4 is 5.97 Å². The molecule has 2 heterocycles. The Bertz CT molecular complexity index is 475. The molecule has 0 amide bonds. The average molecular weight is 289 g/mol. The molecule has 1 saturated heterocycles. The topological polar surface area (TPSA) is 56.7 Å².